The summed E-state index contributed by atoms with van der Waals surface area (Å²) in [5.41, 5.74) is 2.73. The average Bonchev–Trinajstić information content (AvgIpc) is 2.48. The Bertz CT molecular complexity index is 559. The van der Waals surface area contributed by atoms with Crippen LogP contribution in [0.4, 0.5) is 0 Å². The minimum atomic E-state index is 0.177. The molecule has 104 valence electrons. The molecule has 0 aliphatic heterocycles. The van der Waals surface area contributed by atoms with Crippen LogP contribution in [0.15, 0.2) is 59.8 Å². The first-order valence-corrected chi connectivity index (χ1v) is 6.70. The van der Waals surface area contributed by atoms with Crippen LogP contribution in [-0.2, 0) is 6.61 Å². The number of hydrogen-bond acceptors (Lipinski definition) is 3. The van der Waals surface area contributed by atoms with E-state index in [0.717, 1.165) is 16.9 Å². The van der Waals surface area contributed by atoms with Crippen LogP contribution in [0.25, 0.3) is 0 Å². The molecule has 0 unspecified atom stereocenters. The molecule has 0 aliphatic carbocycles. The summed E-state index contributed by atoms with van der Waals surface area (Å²) in [6.45, 7) is 4.54. The lowest BCUT2D eigenvalue weighted by molar-refractivity contribution is 0.306. The molecule has 0 bridgehead atoms. The Labute approximate surface area is 119 Å². The van der Waals surface area contributed by atoms with Crippen molar-refractivity contribution in [3.8, 4) is 5.75 Å². The Morgan fingerprint density at radius 2 is 1.70 bits per heavy atom. The minimum Gasteiger partial charge on any atom is -0.489 e. The summed E-state index contributed by atoms with van der Waals surface area (Å²) in [5.74, 6) is 0.981. The first-order valence-electron chi connectivity index (χ1n) is 6.70. The number of benzene rings is 2. The van der Waals surface area contributed by atoms with Crippen LogP contribution in [-0.4, -0.2) is 10.9 Å². The molecule has 0 fully saturated rings. The number of rotatable bonds is 5. The van der Waals surface area contributed by atoms with Gasteiger partial charge in [0.15, 0.2) is 0 Å². The van der Waals surface area contributed by atoms with E-state index in [9.17, 15) is 0 Å². The molecular weight excluding hydrogens is 250 g/mol. The lowest BCUT2D eigenvalue weighted by atomic mass is 10.0. The van der Waals surface area contributed by atoms with E-state index in [4.69, 9.17) is 9.94 Å². The summed E-state index contributed by atoms with van der Waals surface area (Å²) in [6.07, 6.45) is 0. The van der Waals surface area contributed by atoms with Crippen LogP contribution in [0.5, 0.6) is 5.75 Å². The maximum absolute atomic E-state index is 9.03. The fourth-order valence-electron chi connectivity index (χ4n) is 1.97. The molecule has 0 heterocycles. The predicted octanol–water partition coefficient (Wildman–Crippen LogP) is 4.10. The molecule has 20 heavy (non-hydrogen) atoms. The monoisotopic (exact) mass is 269 g/mol. The number of ether oxygens (including phenoxy) is 1. The fraction of sp³-hybridized carbons (Fsp3) is 0.235. The van der Waals surface area contributed by atoms with E-state index in [1.54, 1.807) is 0 Å². The van der Waals surface area contributed by atoms with Crippen LogP contribution in [0.3, 0.4) is 0 Å². The van der Waals surface area contributed by atoms with E-state index < -0.39 is 0 Å². The Hall–Kier alpha value is -2.29. The maximum Gasteiger partial charge on any atom is 0.119 e. The van der Waals surface area contributed by atoms with Crippen LogP contribution in [0, 0.1) is 5.92 Å². The molecule has 0 aliphatic rings. The Morgan fingerprint density at radius 3 is 2.25 bits per heavy atom. The molecule has 2 aromatic carbocycles. The number of oxime groups is 1. The van der Waals surface area contributed by atoms with Crippen molar-refractivity contribution >= 4 is 5.71 Å². The van der Waals surface area contributed by atoms with E-state index in [0.29, 0.717) is 12.3 Å². The molecule has 2 aromatic rings. The topological polar surface area (TPSA) is 41.8 Å². The summed E-state index contributed by atoms with van der Waals surface area (Å²) < 4.78 is 5.72. The third-order valence-corrected chi connectivity index (χ3v) is 3.05. The van der Waals surface area contributed by atoms with Crippen molar-refractivity contribution in [1.82, 2.24) is 0 Å². The number of hydrogen-bond donors (Lipinski definition) is 1. The van der Waals surface area contributed by atoms with Gasteiger partial charge in [0.25, 0.3) is 0 Å². The highest BCUT2D eigenvalue weighted by Crippen LogP contribution is 2.17. The molecule has 0 saturated heterocycles. The highest BCUT2D eigenvalue weighted by Gasteiger charge is 2.09. The number of nitrogens with zero attached hydrogens (tertiary/aromatic N) is 1. The summed E-state index contributed by atoms with van der Waals surface area (Å²) in [7, 11) is 0. The van der Waals surface area contributed by atoms with Crippen LogP contribution >= 0.6 is 0 Å². The largest absolute Gasteiger partial charge is 0.489 e. The van der Waals surface area contributed by atoms with Gasteiger partial charge in [0, 0.05) is 0 Å². The molecular formula is C17H19NO2. The predicted molar refractivity (Wildman–Crippen MR) is 80.4 cm³/mol. The van der Waals surface area contributed by atoms with Crippen molar-refractivity contribution in [3.05, 3.63) is 65.7 Å². The fourth-order valence-corrected chi connectivity index (χ4v) is 1.97. The van der Waals surface area contributed by atoms with Crippen LogP contribution in [0.2, 0.25) is 0 Å². The second-order valence-corrected chi connectivity index (χ2v) is 4.94. The van der Waals surface area contributed by atoms with Gasteiger partial charge in [0.2, 0.25) is 0 Å². The molecule has 2 rings (SSSR count). The van der Waals surface area contributed by atoms with Crippen molar-refractivity contribution in [1.29, 1.82) is 0 Å². The summed E-state index contributed by atoms with van der Waals surface area (Å²) in [5, 5.41) is 12.4. The average molecular weight is 269 g/mol. The van der Waals surface area contributed by atoms with Gasteiger partial charge < -0.3 is 9.94 Å². The van der Waals surface area contributed by atoms with Gasteiger partial charge in [-0.2, -0.15) is 0 Å². The lowest BCUT2D eigenvalue weighted by Gasteiger charge is -2.10. The zero-order valence-electron chi connectivity index (χ0n) is 11.8. The molecule has 0 aromatic heterocycles. The van der Waals surface area contributed by atoms with Gasteiger partial charge >= 0.3 is 0 Å². The van der Waals surface area contributed by atoms with Gasteiger partial charge in [0.05, 0.1) is 5.71 Å². The zero-order chi connectivity index (χ0) is 14.4. The Kier molecular flexibility index (Phi) is 4.77. The van der Waals surface area contributed by atoms with Crippen molar-refractivity contribution in [2.45, 2.75) is 20.5 Å². The first-order chi connectivity index (χ1) is 9.70. The second-order valence-electron chi connectivity index (χ2n) is 4.94. The first kappa shape index (κ1) is 14.1. The van der Waals surface area contributed by atoms with Gasteiger partial charge in [-0.3, -0.25) is 0 Å². The Balaban J connectivity index is 2.02. The molecule has 1 N–H and O–H groups in total. The third-order valence-electron chi connectivity index (χ3n) is 3.05. The molecule has 0 atom stereocenters. The highest BCUT2D eigenvalue weighted by molar-refractivity contribution is 6.01. The van der Waals surface area contributed by atoms with Crippen molar-refractivity contribution in [3.63, 3.8) is 0 Å². The molecule has 0 amide bonds. The molecule has 3 nitrogen and oxygen atoms in total. The normalized spacial score (nSPS) is 11.7. The Morgan fingerprint density at radius 1 is 1.05 bits per heavy atom. The smallest absolute Gasteiger partial charge is 0.119 e. The van der Waals surface area contributed by atoms with E-state index in [-0.39, 0.29) is 5.92 Å². The SMILES string of the molecule is CC(C)/C(=N\O)c1ccc(OCc2ccccc2)cc1. The summed E-state index contributed by atoms with van der Waals surface area (Å²) in [6, 6.07) is 17.7. The molecule has 0 saturated carbocycles. The van der Waals surface area contributed by atoms with Gasteiger partial charge in [-0.15, -0.1) is 0 Å². The van der Waals surface area contributed by atoms with Crippen molar-refractivity contribution in [2.24, 2.45) is 11.1 Å². The standard InChI is InChI=1S/C17H19NO2/c1-13(2)17(18-19)15-8-10-16(11-9-15)20-12-14-6-4-3-5-7-14/h3-11,13,19H,12H2,1-2H3/b18-17+. The van der Waals surface area contributed by atoms with Gasteiger partial charge in [0.1, 0.15) is 12.4 Å². The van der Waals surface area contributed by atoms with Crippen LogP contribution < -0.4 is 4.74 Å². The van der Waals surface area contributed by atoms with Crippen molar-refractivity contribution in [2.75, 3.05) is 0 Å². The van der Waals surface area contributed by atoms with Gasteiger partial charge in [-0.05, 0) is 41.3 Å². The van der Waals surface area contributed by atoms with E-state index in [2.05, 4.69) is 5.16 Å². The minimum absolute atomic E-state index is 0.177. The molecule has 0 spiro atoms. The zero-order valence-corrected chi connectivity index (χ0v) is 11.8. The molecule has 3 heteroatoms. The van der Waals surface area contributed by atoms with E-state index >= 15 is 0 Å². The van der Waals surface area contributed by atoms with Gasteiger partial charge in [-0.1, -0.05) is 49.3 Å². The molecule has 0 radical (unpaired) electrons. The van der Waals surface area contributed by atoms with Gasteiger partial charge in [-0.25, -0.2) is 0 Å². The lowest BCUT2D eigenvalue weighted by Crippen LogP contribution is -2.09. The summed E-state index contributed by atoms with van der Waals surface area (Å²) >= 11 is 0. The maximum atomic E-state index is 9.03. The highest BCUT2D eigenvalue weighted by atomic mass is 16.5. The van der Waals surface area contributed by atoms with Crippen LogP contribution in [0.1, 0.15) is 25.0 Å². The summed E-state index contributed by atoms with van der Waals surface area (Å²) in [4.78, 5) is 0. The third kappa shape index (κ3) is 3.60. The van der Waals surface area contributed by atoms with Crippen molar-refractivity contribution < 1.29 is 9.94 Å². The van der Waals surface area contributed by atoms with E-state index in [1.165, 1.54) is 0 Å². The van der Waals surface area contributed by atoms with E-state index in [1.807, 2.05) is 68.4 Å². The quantitative estimate of drug-likeness (QED) is 0.504. The second kappa shape index (κ2) is 6.75.